The van der Waals surface area contributed by atoms with Crippen molar-refractivity contribution in [3.8, 4) is 5.69 Å². The second kappa shape index (κ2) is 11.6. The lowest BCUT2D eigenvalue weighted by molar-refractivity contribution is -0.384. The number of carbonyl (C=O) groups excluding carboxylic acids is 1. The number of esters is 1. The monoisotopic (exact) mass is 602 g/mol. The summed E-state index contributed by atoms with van der Waals surface area (Å²) in [5, 5.41) is 11.1. The van der Waals surface area contributed by atoms with Gasteiger partial charge in [0.15, 0.2) is 4.80 Å². The molecule has 0 fully saturated rings. The number of thioether (sulfide) groups is 1. The number of hydrogen-bond acceptors (Lipinski definition) is 8. The Labute approximate surface area is 250 Å². The molecule has 0 spiro atoms. The fourth-order valence-corrected chi connectivity index (χ4v) is 6.60. The Morgan fingerprint density at radius 2 is 1.79 bits per heavy atom. The van der Waals surface area contributed by atoms with Gasteiger partial charge in [-0.05, 0) is 88.4 Å². The molecule has 1 aliphatic heterocycles. The molecule has 0 N–H and O–H groups in total. The second-order valence-electron chi connectivity index (χ2n) is 10.2. The van der Waals surface area contributed by atoms with E-state index in [1.807, 2.05) is 61.1 Å². The smallest absolute Gasteiger partial charge is 0.338 e. The summed E-state index contributed by atoms with van der Waals surface area (Å²) >= 11 is 2.89. The molecular formula is C31H30N4O5S2. The van der Waals surface area contributed by atoms with Gasteiger partial charge >= 0.3 is 5.97 Å². The quantitative estimate of drug-likeness (QED) is 0.124. The number of ether oxygens (including phenoxy) is 1. The van der Waals surface area contributed by atoms with E-state index >= 15 is 0 Å². The molecule has 0 saturated carbocycles. The second-order valence-corrected chi connectivity index (χ2v) is 12.1. The minimum Gasteiger partial charge on any atom is -0.459 e. The number of benzene rings is 2. The van der Waals surface area contributed by atoms with Crippen molar-refractivity contribution in [2.24, 2.45) is 4.99 Å². The number of nitro groups is 1. The normalized spacial score (nSPS) is 15.1. The zero-order valence-corrected chi connectivity index (χ0v) is 25.7. The molecule has 42 heavy (non-hydrogen) atoms. The van der Waals surface area contributed by atoms with Gasteiger partial charge in [0.05, 0.1) is 32.9 Å². The van der Waals surface area contributed by atoms with Crippen LogP contribution in [0.1, 0.15) is 49.3 Å². The van der Waals surface area contributed by atoms with E-state index in [0.717, 1.165) is 33.1 Å². The summed E-state index contributed by atoms with van der Waals surface area (Å²) in [4.78, 5) is 44.3. The van der Waals surface area contributed by atoms with Crippen LogP contribution in [0.15, 0.2) is 80.5 Å². The summed E-state index contributed by atoms with van der Waals surface area (Å²) in [6.45, 7) is 9.24. The van der Waals surface area contributed by atoms with Gasteiger partial charge in [-0.1, -0.05) is 23.5 Å². The van der Waals surface area contributed by atoms with Gasteiger partial charge in [-0.25, -0.2) is 9.79 Å². The fourth-order valence-electron chi connectivity index (χ4n) is 5.16. The zero-order valence-electron chi connectivity index (χ0n) is 24.1. The van der Waals surface area contributed by atoms with Gasteiger partial charge in [0.25, 0.3) is 11.2 Å². The topological polar surface area (TPSA) is 109 Å². The summed E-state index contributed by atoms with van der Waals surface area (Å²) in [5.74, 6) is -0.494. The molecule has 0 saturated heterocycles. The first-order valence-electron chi connectivity index (χ1n) is 13.3. The predicted molar refractivity (Wildman–Crippen MR) is 165 cm³/mol. The van der Waals surface area contributed by atoms with Gasteiger partial charge in [0, 0.05) is 34.1 Å². The van der Waals surface area contributed by atoms with Crippen molar-refractivity contribution in [1.82, 2.24) is 9.13 Å². The van der Waals surface area contributed by atoms with Crippen molar-refractivity contribution >= 4 is 40.8 Å². The van der Waals surface area contributed by atoms with Crippen LogP contribution in [0.2, 0.25) is 0 Å². The number of nitro benzene ring substituents is 1. The lowest BCUT2D eigenvalue weighted by Crippen LogP contribution is -2.40. The van der Waals surface area contributed by atoms with Crippen LogP contribution in [0.3, 0.4) is 0 Å². The standard InChI is InChI=1S/C31H30N4O5S2/c1-17(2)40-30(37)27-19(4)32-31-34(28(27)21-7-13-25(41-6)14-8-21)29(36)26(42-31)16-22-15-18(3)33(20(22)5)23-9-11-24(12-10-23)35(38)39/h7-17,28H,1-6H3/b26-16-/t28-/m1/s1. The van der Waals surface area contributed by atoms with Crippen LogP contribution in [0.25, 0.3) is 11.8 Å². The van der Waals surface area contributed by atoms with E-state index in [4.69, 9.17) is 4.74 Å². The fraction of sp³-hybridized carbons (Fsp3) is 0.258. The number of aryl methyl sites for hydroxylation is 1. The van der Waals surface area contributed by atoms with Crippen molar-refractivity contribution in [3.05, 3.63) is 118 Å². The zero-order chi connectivity index (χ0) is 30.3. The highest BCUT2D eigenvalue weighted by molar-refractivity contribution is 7.98. The van der Waals surface area contributed by atoms with Crippen LogP contribution in [-0.4, -0.2) is 32.4 Å². The van der Waals surface area contributed by atoms with E-state index in [0.29, 0.717) is 20.6 Å². The Kier molecular flexibility index (Phi) is 8.07. The predicted octanol–water partition coefficient (Wildman–Crippen LogP) is 5.22. The molecule has 0 aliphatic carbocycles. The summed E-state index contributed by atoms with van der Waals surface area (Å²) in [6.07, 6.45) is 3.51. The molecule has 3 heterocycles. The number of aromatic nitrogens is 2. The van der Waals surface area contributed by atoms with E-state index < -0.39 is 16.9 Å². The number of nitrogens with zero attached hydrogens (tertiary/aromatic N) is 4. The molecule has 0 bridgehead atoms. The first-order valence-corrected chi connectivity index (χ1v) is 15.4. The molecule has 1 atom stereocenters. The highest BCUT2D eigenvalue weighted by Crippen LogP contribution is 2.32. The minimum absolute atomic E-state index is 0.0205. The van der Waals surface area contributed by atoms with Crippen LogP contribution in [0.5, 0.6) is 0 Å². The lowest BCUT2D eigenvalue weighted by atomic mass is 9.96. The third-order valence-electron chi connectivity index (χ3n) is 7.09. The van der Waals surface area contributed by atoms with E-state index in [1.165, 1.54) is 23.5 Å². The molecule has 2 aromatic heterocycles. The number of allylic oxidation sites excluding steroid dienone is 1. The van der Waals surface area contributed by atoms with Crippen LogP contribution >= 0.6 is 23.1 Å². The number of rotatable bonds is 7. The summed E-state index contributed by atoms with van der Waals surface area (Å²) in [6, 6.07) is 15.5. The Hall–Kier alpha value is -4.22. The lowest BCUT2D eigenvalue weighted by Gasteiger charge is -2.25. The molecule has 0 unspecified atom stereocenters. The average Bonchev–Trinajstić information content (AvgIpc) is 3.41. The summed E-state index contributed by atoms with van der Waals surface area (Å²) in [7, 11) is 0. The van der Waals surface area contributed by atoms with Gasteiger partial charge in [-0.15, -0.1) is 11.8 Å². The largest absolute Gasteiger partial charge is 0.459 e. The van der Waals surface area contributed by atoms with Crippen LogP contribution in [-0.2, 0) is 9.53 Å². The van der Waals surface area contributed by atoms with Gasteiger partial charge in [-0.2, -0.15) is 0 Å². The number of non-ortho nitro benzene ring substituents is 1. The first-order chi connectivity index (χ1) is 20.0. The summed E-state index contributed by atoms with van der Waals surface area (Å²) < 4.78 is 9.65. The molecule has 0 radical (unpaired) electrons. The van der Waals surface area contributed by atoms with E-state index in [-0.39, 0.29) is 17.4 Å². The number of fused-ring (bicyclic) bond motifs is 1. The Morgan fingerprint density at radius 3 is 2.38 bits per heavy atom. The van der Waals surface area contributed by atoms with Gasteiger partial charge in [0.2, 0.25) is 0 Å². The average molecular weight is 603 g/mol. The Bertz CT molecular complexity index is 1910. The molecule has 216 valence electrons. The van der Waals surface area contributed by atoms with Gasteiger partial charge in [0.1, 0.15) is 0 Å². The van der Waals surface area contributed by atoms with Crippen LogP contribution < -0.4 is 14.9 Å². The van der Waals surface area contributed by atoms with Crippen molar-refractivity contribution < 1.29 is 14.5 Å². The van der Waals surface area contributed by atoms with Gasteiger partial charge in [-0.3, -0.25) is 19.5 Å². The van der Waals surface area contributed by atoms with E-state index in [1.54, 1.807) is 49.2 Å². The van der Waals surface area contributed by atoms with Crippen LogP contribution in [0, 0.1) is 24.0 Å². The molecule has 4 aromatic rings. The van der Waals surface area contributed by atoms with Crippen LogP contribution in [0.4, 0.5) is 5.69 Å². The molecule has 5 rings (SSSR count). The summed E-state index contributed by atoms with van der Waals surface area (Å²) in [5.41, 5.74) is 4.85. The molecule has 2 aromatic carbocycles. The Morgan fingerprint density at radius 1 is 1.12 bits per heavy atom. The van der Waals surface area contributed by atoms with Crippen molar-refractivity contribution in [1.29, 1.82) is 0 Å². The number of thiazole rings is 1. The number of hydrogen-bond donors (Lipinski definition) is 0. The number of carbonyl (C=O) groups is 1. The maximum atomic E-state index is 14.0. The molecule has 1 aliphatic rings. The van der Waals surface area contributed by atoms with Crippen molar-refractivity contribution in [3.63, 3.8) is 0 Å². The van der Waals surface area contributed by atoms with Crippen molar-refractivity contribution in [2.45, 2.75) is 51.7 Å². The molecular weight excluding hydrogens is 572 g/mol. The maximum Gasteiger partial charge on any atom is 0.338 e. The SMILES string of the molecule is CSc1ccc([C@@H]2C(C(=O)OC(C)C)=C(C)N=c3s/c(=C\c4cc(C)n(-c5ccc([N+](=O)[O-])cc5)c4C)c(=O)n32)cc1. The minimum atomic E-state index is -0.682. The van der Waals surface area contributed by atoms with Crippen molar-refractivity contribution in [2.75, 3.05) is 6.26 Å². The molecule has 9 nitrogen and oxygen atoms in total. The Balaban J connectivity index is 1.65. The third kappa shape index (κ3) is 5.37. The maximum absolute atomic E-state index is 14.0. The third-order valence-corrected chi connectivity index (χ3v) is 8.82. The van der Waals surface area contributed by atoms with Gasteiger partial charge < -0.3 is 9.30 Å². The van der Waals surface area contributed by atoms with E-state index in [9.17, 15) is 19.7 Å². The van der Waals surface area contributed by atoms with E-state index in [2.05, 4.69) is 4.99 Å². The highest BCUT2D eigenvalue weighted by atomic mass is 32.2. The first kappa shape index (κ1) is 29.3. The molecule has 11 heteroatoms. The highest BCUT2D eigenvalue weighted by Gasteiger charge is 2.33. The molecule has 0 amide bonds.